The molecule has 2 aromatic carbocycles. The summed E-state index contributed by atoms with van der Waals surface area (Å²) >= 11 is 5.02. The molecule has 0 bridgehead atoms. The highest BCUT2D eigenvalue weighted by Crippen LogP contribution is 2.28. The molecule has 0 saturated heterocycles. The van der Waals surface area contributed by atoms with Crippen molar-refractivity contribution in [1.29, 1.82) is 5.26 Å². The number of nitrogens with one attached hydrogen (secondary N) is 1. The lowest BCUT2D eigenvalue weighted by Gasteiger charge is -2.06. The van der Waals surface area contributed by atoms with Gasteiger partial charge in [-0.15, -0.1) is 11.3 Å². The molecule has 1 N–H and O–H groups in total. The number of hydrogen-bond donors (Lipinski definition) is 1. The minimum Gasteiger partial charge on any atom is -0.347 e. The number of amides is 1. The van der Waals surface area contributed by atoms with Crippen molar-refractivity contribution in [2.45, 2.75) is 13.1 Å². The van der Waals surface area contributed by atoms with Crippen molar-refractivity contribution >= 4 is 50.2 Å². The molecule has 0 spiro atoms. The molecule has 0 aliphatic heterocycles. The predicted molar refractivity (Wildman–Crippen MR) is 125 cm³/mol. The van der Waals surface area contributed by atoms with Crippen LogP contribution in [0, 0.1) is 17.1 Å². The fourth-order valence-corrected chi connectivity index (χ4v) is 4.34. The van der Waals surface area contributed by atoms with E-state index < -0.39 is 5.91 Å². The first-order valence-electron chi connectivity index (χ1n) is 9.49. The Bertz CT molecular complexity index is 1320. The van der Waals surface area contributed by atoms with Crippen molar-refractivity contribution in [2.75, 3.05) is 0 Å². The zero-order valence-corrected chi connectivity index (χ0v) is 18.7. The number of rotatable bonds is 6. The van der Waals surface area contributed by atoms with Crippen molar-refractivity contribution in [2.24, 2.45) is 0 Å². The molecule has 4 aromatic rings. The molecule has 2 aromatic heterocycles. The maximum absolute atomic E-state index is 14.2. The number of carbonyl (C=O) groups is 1. The molecule has 0 saturated carbocycles. The zero-order chi connectivity index (χ0) is 21.8. The summed E-state index contributed by atoms with van der Waals surface area (Å²) in [7, 11) is 0. The van der Waals surface area contributed by atoms with Gasteiger partial charge in [0.2, 0.25) is 0 Å². The topological polar surface area (TPSA) is 57.8 Å². The van der Waals surface area contributed by atoms with Crippen molar-refractivity contribution < 1.29 is 9.18 Å². The van der Waals surface area contributed by atoms with Crippen molar-refractivity contribution in [1.82, 2.24) is 9.88 Å². The minimum atomic E-state index is -0.430. The monoisotopic (exact) mass is 493 g/mol. The standard InChI is InChI=1S/C24H17BrFN3OS/c25-19-7-8-23-21(11-19)18(15-29(23)14-16-4-1-2-6-22(16)26)10-17(12-27)24(30)28-13-20-5-3-9-31-20/h1-11,15H,13-14H2,(H,28,30)/b17-10+. The molecular formula is C24H17BrFN3OS. The Morgan fingerprint density at radius 2 is 2.06 bits per heavy atom. The summed E-state index contributed by atoms with van der Waals surface area (Å²) in [5, 5.41) is 15.2. The normalized spacial score (nSPS) is 11.5. The molecule has 154 valence electrons. The van der Waals surface area contributed by atoms with E-state index in [4.69, 9.17) is 0 Å². The summed E-state index contributed by atoms with van der Waals surface area (Å²) in [6.45, 7) is 0.710. The highest BCUT2D eigenvalue weighted by atomic mass is 79.9. The van der Waals surface area contributed by atoms with Gasteiger partial charge in [-0.1, -0.05) is 40.2 Å². The fourth-order valence-electron chi connectivity index (χ4n) is 3.33. The number of thiophene rings is 1. The lowest BCUT2D eigenvalue weighted by atomic mass is 10.1. The van der Waals surface area contributed by atoms with Gasteiger partial charge in [0.25, 0.3) is 5.91 Å². The maximum Gasteiger partial charge on any atom is 0.262 e. The van der Waals surface area contributed by atoms with Gasteiger partial charge in [0.1, 0.15) is 17.5 Å². The van der Waals surface area contributed by atoms with E-state index in [1.54, 1.807) is 35.6 Å². The van der Waals surface area contributed by atoms with Crippen LogP contribution in [0.3, 0.4) is 0 Å². The van der Waals surface area contributed by atoms with Crippen LogP contribution < -0.4 is 5.32 Å². The Balaban J connectivity index is 1.69. The van der Waals surface area contributed by atoms with Gasteiger partial charge in [-0.2, -0.15) is 5.26 Å². The third-order valence-electron chi connectivity index (χ3n) is 4.84. The fraction of sp³-hybridized carbons (Fsp3) is 0.0833. The summed E-state index contributed by atoms with van der Waals surface area (Å²) in [5.74, 6) is -0.704. The summed E-state index contributed by atoms with van der Waals surface area (Å²) in [6, 6.07) is 18.2. The lowest BCUT2D eigenvalue weighted by molar-refractivity contribution is -0.117. The third-order valence-corrected chi connectivity index (χ3v) is 6.21. The Kier molecular flexibility index (Phi) is 6.31. The van der Waals surface area contributed by atoms with E-state index in [0.717, 1.165) is 25.8 Å². The van der Waals surface area contributed by atoms with Gasteiger partial charge in [0, 0.05) is 37.6 Å². The first-order valence-corrected chi connectivity index (χ1v) is 11.2. The number of aromatic nitrogens is 1. The maximum atomic E-state index is 14.2. The van der Waals surface area contributed by atoms with Crippen molar-refractivity contribution in [3.63, 3.8) is 0 Å². The van der Waals surface area contributed by atoms with E-state index in [2.05, 4.69) is 21.2 Å². The molecule has 4 nitrogen and oxygen atoms in total. The molecule has 1 amide bonds. The van der Waals surface area contributed by atoms with Crippen LogP contribution in [0.25, 0.3) is 17.0 Å². The van der Waals surface area contributed by atoms with E-state index in [0.29, 0.717) is 18.7 Å². The number of benzene rings is 2. The Hall–Kier alpha value is -3.21. The van der Waals surface area contributed by atoms with E-state index in [9.17, 15) is 14.4 Å². The number of halogens is 2. The predicted octanol–water partition coefficient (Wildman–Crippen LogP) is 5.88. The highest BCUT2D eigenvalue weighted by molar-refractivity contribution is 9.10. The van der Waals surface area contributed by atoms with Gasteiger partial charge in [0.05, 0.1) is 13.1 Å². The second-order valence-corrected chi connectivity index (χ2v) is 8.85. The van der Waals surface area contributed by atoms with E-state index in [-0.39, 0.29) is 11.4 Å². The molecule has 7 heteroatoms. The summed E-state index contributed by atoms with van der Waals surface area (Å²) in [5.41, 5.74) is 2.18. The molecule has 0 unspecified atom stereocenters. The largest absolute Gasteiger partial charge is 0.347 e. The lowest BCUT2D eigenvalue weighted by Crippen LogP contribution is -2.23. The van der Waals surface area contributed by atoms with Gasteiger partial charge in [-0.3, -0.25) is 4.79 Å². The van der Waals surface area contributed by atoms with Crippen LogP contribution in [0.2, 0.25) is 0 Å². The van der Waals surface area contributed by atoms with Crippen LogP contribution in [-0.4, -0.2) is 10.5 Å². The quantitative estimate of drug-likeness (QED) is 0.269. The molecule has 0 atom stereocenters. The van der Waals surface area contributed by atoms with Gasteiger partial charge in [-0.25, -0.2) is 4.39 Å². The van der Waals surface area contributed by atoms with Crippen molar-refractivity contribution in [3.8, 4) is 6.07 Å². The van der Waals surface area contributed by atoms with Crippen molar-refractivity contribution in [3.05, 3.63) is 98.0 Å². The van der Waals surface area contributed by atoms with Crippen LogP contribution in [0.5, 0.6) is 0 Å². The number of carbonyl (C=O) groups excluding carboxylic acids is 1. The van der Waals surface area contributed by atoms with Gasteiger partial charge < -0.3 is 9.88 Å². The average Bonchev–Trinajstić information content (AvgIpc) is 3.40. The molecule has 0 radical (unpaired) electrons. The molecule has 0 fully saturated rings. The Morgan fingerprint density at radius 3 is 2.81 bits per heavy atom. The van der Waals surface area contributed by atoms with E-state index in [1.165, 1.54) is 6.07 Å². The van der Waals surface area contributed by atoms with E-state index in [1.807, 2.05) is 52.5 Å². The summed E-state index contributed by atoms with van der Waals surface area (Å²) in [4.78, 5) is 13.6. The molecule has 4 rings (SSSR count). The smallest absolute Gasteiger partial charge is 0.262 e. The van der Waals surface area contributed by atoms with E-state index >= 15 is 0 Å². The third kappa shape index (κ3) is 4.76. The summed E-state index contributed by atoms with van der Waals surface area (Å²) in [6.07, 6.45) is 3.42. The number of nitriles is 1. The number of nitrogens with zero attached hydrogens (tertiary/aromatic N) is 2. The van der Waals surface area contributed by atoms with Gasteiger partial charge in [-0.05, 0) is 41.8 Å². The SMILES string of the molecule is N#C/C(=C\c1cn(Cc2ccccc2F)c2ccc(Br)cc12)C(=O)NCc1cccs1. The van der Waals surface area contributed by atoms with Crippen LogP contribution >= 0.6 is 27.3 Å². The minimum absolute atomic E-state index is 0.0153. The van der Waals surface area contributed by atoms with Crippen LogP contribution in [0.15, 0.2) is 76.2 Å². The highest BCUT2D eigenvalue weighted by Gasteiger charge is 2.14. The molecule has 31 heavy (non-hydrogen) atoms. The summed E-state index contributed by atoms with van der Waals surface area (Å²) < 4.78 is 17.0. The molecule has 2 heterocycles. The van der Waals surface area contributed by atoms with Crippen LogP contribution in [0.1, 0.15) is 16.0 Å². The van der Waals surface area contributed by atoms with Gasteiger partial charge >= 0.3 is 0 Å². The van der Waals surface area contributed by atoms with Crippen LogP contribution in [0.4, 0.5) is 4.39 Å². The molecular weight excluding hydrogens is 477 g/mol. The zero-order valence-electron chi connectivity index (χ0n) is 16.3. The Morgan fingerprint density at radius 1 is 1.23 bits per heavy atom. The number of hydrogen-bond acceptors (Lipinski definition) is 3. The first kappa shape index (κ1) is 21.0. The number of fused-ring (bicyclic) bond motifs is 1. The molecule has 0 aliphatic carbocycles. The van der Waals surface area contributed by atoms with Crippen LogP contribution in [-0.2, 0) is 17.9 Å². The van der Waals surface area contributed by atoms with Gasteiger partial charge in [0.15, 0.2) is 0 Å². The Labute approximate surface area is 191 Å². The molecule has 0 aliphatic rings. The second kappa shape index (κ2) is 9.29. The first-order chi connectivity index (χ1) is 15.0. The average molecular weight is 494 g/mol. The second-order valence-electron chi connectivity index (χ2n) is 6.90.